The zero-order valence-corrected chi connectivity index (χ0v) is 20.8. The Bertz CT molecular complexity index is 1590. The van der Waals surface area contributed by atoms with Crippen molar-refractivity contribution in [2.75, 3.05) is 5.32 Å². The van der Waals surface area contributed by atoms with Crippen LogP contribution in [-0.2, 0) is 12.8 Å². The molecule has 6 nitrogen and oxygen atoms in total. The lowest BCUT2D eigenvalue weighted by atomic mass is 10.1. The van der Waals surface area contributed by atoms with E-state index in [0.29, 0.717) is 28.5 Å². The van der Waals surface area contributed by atoms with E-state index in [0.717, 1.165) is 33.0 Å². The van der Waals surface area contributed by atoms with Crippen molar-refractivity contribution in [3.63, 3.8) is 0 Å². The molecule has 0 saturated heterocycles. The van der Waals surface area contributed by atoms with E-state index in [1.165, 1.54) is 24.2 Å². The lowest BCUT2D eigenvalue weighted by Crippen LogP contribution is -2.06. The van der Waals surface area contributed by atoms with Gasteiger partial charge in [0.2, 0.25) is 0 Å². The van der Waals surface area contributed by atoms with Crippen LogP contribution >= 0.6 is 11.8 Å². The van der Waals surface area contributed by atoms with E-state index < -0.39 is 11.7 Å². The minimum absolute atomic E-state index is 0.0343. The van der Waals surface area contributed by atoms with Crippen LogP contribution in [0.4, 0.5) is 24.7 Å². The summed E-state index contributed by atoms with van der Waals surface area (Å²) in [6.07, 6.45) is -2.99. The summed E-state index contributed by atoms with van der Waals surface area (Å²) in [4.78, 5) is 14.8. The molecular formula is C28H21F3N4O2S. The third-order valence-corrected chi connectivity index (χ3v) is 6.65. The van der Waals surface area contributed by atoms with Crippen molar-refractivity contribution < 1.29 is 23.0 Å². The van der Waals surface area contributed by atoms with E-state index in [9.17, 15) is 18.3 Å². The number of pyridine rings is 1. The quantitative estimate of drug-likeness (QED) is 0.223. The first kappa shape index (κ1) is 25.3. The highest BCUT2D eigenvalue weighted by Crippen LogP contribution is 2.38. The van der Waals surface area contributed by atoms with E-state index in [1.807, 2.05) is 25.1 Å². The summed E-state index contributed by atoms with van der Waals surface area (Å²) in [6, 6.07) is 21.0. The van der Waals surface area contributed by atoms with Gasteiger partial charge in [0.1, 0.15) is 30.3 Å². The number of halogens is 3. The number of phenols is 1. The van der Waals surface area contributed by atoms with Crippen LogP contribution in [0, 0.1) is 6.92 Å². The minimum Gasteiger partial charge on any atom is -0.508 e. The van der Waals surface area contributed by atoms with Crippen LogP contribution in [-0.4, -0.2) is 20.1 Å². The molecule has 0 aliphatic heterocycles. The number of hydrogen-bond acceptors (Lipinski definition) is 7. The second-order valence-electron chi connectivity index (χ2n) is 8.41. The number of aromatic hydroxyl groups is 1. The molecule has 0 saturated carbocycles. The Labute approximate surface area is 220 Å². The number of benzene rings is 3. The molecule has 0 fully saturated rings. The number of fused-ring (bicyclic) bond motifs is 1. The fraction of sp³-hybridized carbons (Fsp3) is 0.107. The molecule has 5 rings (SSSR count). The molecule has 2 heterocycles. The smallest absolute Gasteiger partial charge is 0.416 e. The number of nitrogens with zero attached hydrogens (tertiary/aromatic N) is 3. The third kappa shape index (κ3) is 5.97. The number of aromatic nitrogens is 3. The molecule has 0 aliphatic carbocycles. The van der Waals surface area contributed by atoms with Crippen LogP contribution in [0.1, 0.15) is 16.8 Å². The molecular weight excluding hydrogens is 513 g/mol. The van der Waals surface area contributed by atoms with Gasteiger partial charge in [0.15, 0.2) is 5.65 Å². The lowest BCUT2D eigenvalue weighted by Gasteiger charge is -2.15. The van der Waals surface area contributed by atoms with Crippen molar-refractivity contribution in [3.05, 3.63) is 102 Å². The Balaban J connectivity index is 1.46. The topological polar surface area (TPSA) is 80.2 Å². The molecule has 10 heteroatoms. The fourth-order valence-corrected chi connectivity index (χ4v) is 4.58. The summed E-state index contributed by atoms with van der Waals surface area (Å²) in [5.74, 6) is 1.18. The number of phenolic OH excluding ortho intramolecular Hbond substituents is 1. The van der Waals surface area contributed by atoms with E-state index in [4.69, 9.17) is 4.74 Å². The van der Waals surface area contributed by atoms with E-state index >= 15 is 0 Å². The summed E-state index contributed by atoms with van der Waals surface area (Å²) in [5, 5.41) is 13.7. The van der Waals surface area contributed by atoms with E-state index in [1.54, 1.807) is 42.5 Å². The van der Waals surface area contributed by atoms with Gasteiger partial charge in [0.05, 0.1) is 16.6 Å². The predicted molar refractivity (Wildman–Crippen MR) is 140 cm³/mol. The van der Waals surface area contributed by atoms with Gasteiger partial charge in [-0.3, -0.25) is 0 Å². The number of hydrogen-bond donors (Lipinski definition) is 2. The monoisotopic (exact) mass is 534 g/mol. The van der Waals surface area contributed by atoms with Crippen molar-refractivity contribution in [3.8, 4) is 11.5 Å². The van der Waals surface area contributed by atoms with Gasteiger partial charge in [0, 0.05) is 21.6 Å². The normalized spacial score (nSPS) is 11.5. The summed E-state index contributed by atoms with van der Waals surface area (Å²) in [7, 11) is 0. The van der Waals surface area contributed by atoms with E-state index in [2.05, 4.69) is 20.3 Å². The lowest BCUT2D eigenvalue weighted by molar-refractivity contribution is -0.137. The minimum atomic E-state index is -4.42. The van der Waals surface area contributed by atoms with Crippen molar-refractivity contribution >= 4 is 34.3 Å². The average Bonchev–Trinajstić information content (AvgIpc) is 2.89. The van der Waals surface area contributed by atoms with Crippen molar-refractivity contribution in [2.24, 2.45) is 0 Å². The first-order chi connectivity index (χ1) is 18.2. The van der Waals surface area contributed by atoms with Gasteiger partial charge in [-0.2, -0.15) is 13.2 Å². The molecule has 192 valence electrons. The molecule has 0 amide bonds. The Kier molecular flexibility index (Phi) is 7.06. The molecule has 0 radical (unpaired) electrons. The molecule has 0 aliphatic rings. The van der Waals surface area contributed by atoms with Crippen LogP contribution in [0.5, 0.6) is 11.5 Å². The van der Waals surface area contributed by atoms with Crippen molar-refractivity contribution in [1.29, 1.82) is 0 Å². The maximum Gasteiger partial charge on any atom is 0.416 e. The van der Waals surface area contributed by atoms with Gasteiger partial charge in [-0.05, 0) is 73.2 Å². The van der Waals surface area contributed by atoms with Gasteiger partial charge in [0.25, 0.3) is 0 Å². The molecule has 0 atom stereocenters. The predicted octanol–water partition coefficient (Wildman–Crippen LogP) is 7.53. The Morgan fingerprint density at radius 1 is 0.947 bits per heavy atom. The molecule has 0 bridgehead atoms. The number of anilines is 2. The standard InChI is InChI=1S/C28H21F3N4O2S/c1-17-5-11-23-26(34-17)32-16-33-27(23)35-24-14-21(8-12-25(24)38-22-9-6-20(36)7-10-22)37-15-18-3-2-4-19(13-18)28(29,30)31/h2-14,16,36H,15H2,1H3,(H,32,33,34,35). The van der Waals surface area contributed by atoms with Crippen molar-refractivity contribution in [1.82, 2.24) is 15.0 Å². The van der Waals surface area contributed by atoms with Crippen LogP contribution in [0.15, 0.2) is 95.0 Å². The first-order valence-corrected chi connectivity index (χ1v) is 12.3. The third-order valence-electron chi connectivity index (χ3n) is 5.56. The largest absolute Gasteiger partial charge is 0.508 e. The highest BCUT2D eigenvalue weighted by Gasteiger charge is 2.30. The Morgan fingerprint density at radius 3 is 2.55 bits per heavy atom. The van der Waals surface area contributed by atoms with Crippen molar-refractivity contribution in [2.45, 2.75) is 29.5 Å². The first-order valence-electron chi connectivity index (χ1n) is 11.5. The average molecular weight is 535 g/mol. The van der Waals surface area contributed by atoms with Crippen LogP contribution in [0.2, 0.25) is 0 Å². The summed E-state index contributed by atoms with van der Waals surface area (Å²) < 4.78 is 45.1. The summed E-state index contributed by atoms with van der Waals surface area (Å²) in [6.45, 7) is 1.85. The highest BCUT2D eigenvalue weighted by atomic mass is 32.2. The number of nitrogens with one attached hydrogen (secondary N) is 1. The Morgan fingerprint density at radius 2 is 1.76 bits per heavy atom. The molecule has 2 aromatic heterocycles. The summed E-state index contributed by atoms with van der Waals surface area (Å²) in [5.41, 5.74) is 1.73. The summed E-state index contributed by atoms with van der Waals surface area (Å²) >= 11 is 1.46. The van der Waals surface area contributed by atoms with Gasteiger partial charge in [-0.15, -0.1) is 0 Å². The number of ether oxygens (including phenoxy) is 1. The van der Waals surface area contributed by atoms with Crippen LogP contribution in [0.3, 0.4) is 0 Å². The number of alkyl halides is 3. The Hall–Kier alpha value is -4.31. The molecule has 5 aromatic rings. The number of aryl methyl sites for hydroxylation is 1. The molecule has 2 N–H and O–H groups in total. The molecule has 38 heavy (non-hydrogen) atoms. The number of rotatable bonds is 7. The molecule has 0 unspecified atom stereocenters. The maximum atomic E-state index is 13.1. The highest BCUT2D eigenvalue weighted by molar-refractivity contribution is 7.99. The van der Waals surface area contributed by atoms with Crippen LogP contribution in [0.25, 0.3) is 11.0 Å². The van der Waals surface area contributed by atoms with Gasteiger partial charge < -0.3 is 15.2 Å². The maximum absolute atomic E-state index is 13.1. The SMILES string of the molecule is Cc1ccc2c(Nc3cc(OCc4cccc(C(F)(F)F)c4)ccc3Sc3ccc(O)cc3)ncnc2n1. The van der Waals surface area contributed by atoms with Gasteiger partial charge in [-0.25, -0.2) is 15.0 Å². The van der Waals surface area contributed by atoms with E-state index in [-0.39, 0.29) is 12.4 Å². The zero-order valence-electron chi connectivity index (χ0n) is 20.0. The van der Waals surface area contributed by atoms with Crippen LogP contribution < -0.4 is 10.1 Å². The second kappa shape index (κ2) is 10.6. The fourth-order valence-electron chi connectivity index (χ4n) is 3.70. The second-order valence-corrected chi connectivity index (χ2v) is 9.53. The van der Waals surface area contributed by atoms with Gasteiger partial charge >= 0.3 is 6.18 Å². The molecule has 0 spiro atoms. The zero-order chi connectivity index (χ0) is 26.7. The molecule has 3 aromatic carbocycles. The van der Waals surface area contributed by atoms with Gasteiger partial charge in [-0.1, -0.05) is 23.9 Å².